The third-order valence-corrected chi connectivity index (χ3v) is 2.20. The molecule has 0 fully saturated rings. The number of pyridine rings is 1. The van der Waals surface area contributed by atoms with Gasteiger partial charge in [0.2, 0.25) is 0 Å². The van der Waals surface area contributed by atoms with E-state index in [2.05, 4.69) is 4.98 Å². The average molecular weight is 257 g/mol. The van der Waals surface area contributed by atoms with E-state index in [9.17, 15) is 18.9 Å². The molecule has 8 heteroatoms. The predicted molar refractivity (Wildman–Crippen MR) is 50.4 cm³/mol. The maximum absolute atomic E-state index is 12.3. The molecule has 1 rings (SSSR count). The van der Waals surface area contributed by atoms with Crippen LogP contribution in [0.1, 0.15) is 17.6 Å². The summed E-state index contributed by atoms with van der Waals surface area (Å²) in [7, 11) is 0. The van der Waals surface area contributed by atoms with E-state index in [1.165, 1.54) is 0 Å². The number of rotatable bonds is 3. The zero-order valence-corrected chi connectivity index (χ0v) is 8.60. The minimum atomic E-state index is -2.84. The number of nitro groups is 1. The van der Waals surface area contributed by atoms with Crippen molar-refractivity contribution in [2.24, 2.45) is 0 Å². The smallest absolute Gasteiger partial charge is 0.358 e. The van der Waals surface area contributed by atoms with Crippen LogP contribution in [0.4, 0.5) is 14.6 Å². The quantitative estimate of drug-likeness (QED) is 0.361. The van der Waals surface area contributed by atoms with Gasteiger partial charge in [0.25, 0.3) is 11.6 Å². The summed E-state index contributed by atoms with van der Waals surface area (Å²) >= 11 is 10.7. The molecule has 0 aliphatic carbocycles. The number of nitrogens with zero attached hydrogens (tertiary/aromatic N) is 2. The van der Waals surface area contributed by atoms with Crippen molar-refractivity contribution in [3.05, 3.63) is 32.5 Å². The van der Waals surface area contributed by atoms with E-state index in [0.29, 0.717) is 0 Å². The molecule has 0 amide bonds. The van der Waals surface area contributed by atoms with E-state index in [0.717, 1.165) is 6.07 Å². The van der Waals surface area contributed by atoms with Gasteiger partial charge in [0.05, 0.1) is 17.0 Å². The number of hydrogen-bond acceptors (Lipinski definition) is 3. The fourth-order valence-corrected chi connectivity index (χ4v) is 1.36. The summed E-state index contributed by atoms with van der Waals surface area (Å²) in [6, 6.07) is 0.894. The Hall–Kier alpha value is -1.01. The molecule has 1 aromatic rings. The van der Waals surface area contributed by atoms with E-state index in [1.54, 1.807) is 0 Å². The Morgan fingerprint density at radius 3 is 2.60 bits per heavy atom. The molecular formula is C7H4Cl2F2N2O2. The Bertz CT molecular complexity index is 401. The van der Waals surface area contributed by atoms with Crippen molar-refractivity contribution in [1.29, 1.82) is 0 Å². The topological polar surface area (TPSA) is 56.0 Å². The fourth-order valence-electron chi connectivity index (χ4n) is 0.951. The minimum absolute atomic E-state index is 0.0821. The van der Waals surface area contributed by atoms with Gasteiger partial charge in [-0.05, 0) is 27.6 Å². The van der Waals surface area contributed by atoms with Crippen molar-refractivity contribution in [1.82, 2.24) is 4.98 Å². The summed E-state index contributed by atoms with van der Waals surface area (Å²) < 4.78 is 24.7. The Balaban J connectivity index is 3.35. The normalized spacial score (nSPS) is 10.7. The van der Waals surface area contributed by atoms with E-state index in [-0.39, 0.29) is 11.4 Å². The molecule has 0 saturated heterocycles. The van der Waals surface area contributed by atoms with Crippen LogP contribution < -0.4 is 0 Å². The molecule has 4 nitrogen and oxygen atoms in total. The van der Waals surface area contributed by atoms with Gasteiger partial charge in [0, 0.05) is 0 Å². The van der Waals surface area contributed by atoms with Crippen LogP contribution in [0.3, 0.4) is 0 Å². The first-order valence-electron chi connectivity index (χ1n) is 3.65. The Morgan fingerprint density at radius 2 is 2.20 bits per heavy atom. The van der Waals surface area contributed by atoms with E-state index >= 15 is 0 Å². The van der Waals surface area contributed by atoms with Crippen molar-refractivity contribution in [2.45, 2.75) is 12.3 Å². The SMILES string of the molecule is O=[N+]([O-])c1nc(Cl)c(C(F)F)cc1CCl. The zero-order valence-electron chi connectivity index (χ0n) is 7.08. The molecule has 0 aromatic carbocycles. The van der Waals surface area contributed by atoms with Gasteiger partial charge in [0.15, 0.2) is 0 Å². The highest BCUT2D eigenvalue weighted by Gasteiger charge is 2.24. The van der Waals surface area contributed by atoms with E-state index < -0.39 is 27.9 Å². The largest absolute Gasteiger partial charge is 0.369 e. The number of halogens is 4. The Labute approximate surface area is 93.0 Å². The molecule has 0 bridgehead atoms. The average Bonchev–Trinajstić information content (AvgIpc) is 2.16. The zero-order chi connectivity index (χ0) is 11.6. The van der Waals surface area contributed by atoms with Crippen LogP contribution in [0.15, 0.2) is 6.07 Å². The fraction of sp³-hybridized carbons (Fsp3) is 0.286. The predicted octanol–water partition coefficient (Wildman–Crippen LogP) is 3.32. The van der Waals surface area contributed by atoms with Gasteiger partial charge in [-0.2, -0.15) is 0 Å². The van der Waals surface area contributed by atoms with Crippen molar-refractivity contribution in [3.63, 3.8) is 0 Å². The molecular weight excluding hydrogens is 253 g/mol. The number of alkyl halides is 3. The third kappa shape index (κ3) is 2.51. The molecule has 0 spiro atoms. The summed E-state index contributed by atoms with van der Waals surface area (Å²) in [4.78, 5) is 12.9. The first-order chi connectivity index (χ1) is 6.97. The van der Waals surface area contributed by atoms with Gasteiger partial charge >= 0.3 is 5.82 Å². The van der Waals surface area contributed by atoms with Crippen LogP contribution in [-0.4, -0.2) is 9.91 Å². The molecule has 0 saturated carbocycles. The van der Waals surface area contributed by atoms with Crippen LogP contribution in [0, 0.1) is 10.1 Å². The van der Waals surface area contributed by atoms with Crippen molar-refractivity contribution in [3.8, 4) is 0 Å². The highest BCUT2D eigenvalue weighted by atomic mass is 35.5. The lowest BCUT2D eigenvalue weighted by atomic mass is 10.2. The second-order valence-corrected chi connectivity index (χ2v) is 3.17. The summed E-state index contributed by atoms with van der Waals surface area (Å²) in [5.74, 6) is -0.875. The van der Waals surface area contributed by atoms with Crippen molar-refractivity contribution in [2.75, 3.05) is 0 Å². The van der Waals surface area contributed by atoms with Crippen molar-refractivity contribution >= 4 is 29.0 Å². The standard InChI is InChI=1S/C7H4Cl2F2N2O2/c8-2-3-1-4(6(10)11)5(9)12-7(3)13(14)15/h1,6H,2H2. The summed E-state index contributed by atoms with van der Waals surface area (Å²) in [6.07, 6.45) is -2.84. The van der Waals surface area contributed by atoms with E-state index in [4.69, 9.17) is 23.2 Å². The second-order valence-electron chi connectivity index (χ2n) is 2.54. The molecule has 1 aromatic heterocycles. The van der Waals surface area contributed by atoms with Gasteiger partial charge in [-0.15, -0.1) is 11.6 Å². The van der Waals surface area contributed by atoms with Crippen molar-refractivity contribution < 1.29 is 13.7 Å². The summed E-state index contributed by atoms with van der Waals surface area (Å²) in [5, 5.41) is 9.87. The minimum Gasteiger partial charge on any atom is -0.358 e. The monoisotopic (exact) mass is 256 g/mol. The maximum Gasteiger partial charge on any atom is 0.369 e. The maximum atomic E-state index is 12.3. The molecule has 1 heterocycles. The molecule has 0 radical (unpaired) electrons. The third-order valence-electron chi connectivity index (χ3n) is 1.61. The van der Waals surface area contributed by atoms with Gasteiger partial charge in [0.1, 0.15) is 0 Å². The summed E-state index contributed by atoms with van der Waals surface area (Å²) in [5.41, 5.74) is -0.640. The lowest BCUT2D eigenvalue weighted by Crippen LogP contribution is -2.01. The van der Waals surface area contributed by atoms with Crippen LogP contribution in [0.2, 0.25) is 5.15 Å². The van der Waals surface area contributed by atoms with Gasteiger partial charge in [-0.3, -0.25) is 0 Å². The van der Waals surface area contributed by atoms with E-state index in [1.807, 2.05) is 0 Å². The number of hydrogen-bond donors (Lipinski definition) is 0. The van der Waals surface area contributed by atoms with Crippen LogP contribution >= 0.6 is 23.2 Å². The Kier molecular flexibility index (Phi) is 3.76. The number of aromatic nitrogens is 1. The molecule has 0 unspecified atom stereocenters. The highest BCUT2D eigenvalue weighted by molar-refractivity contribution is 6.30. The molecule has 15 heavy (non-hydrogen) atoms. The first kappa shape index (κ1) is 12.1. The molecule has 0 aliphatic rings. The molecule has 82 valence electrons. The lowest BCUT2D eigenvalue weighted by Gasteiger charge is -2.03. The van der Waals surface area contributed by atoms with Crippen LogP contribution in [-0.2, 0) is 5.88 Å². The van der Waals surface area contributed by atoms with Gasteiger partial charge in [-0.1, -0.05) is 0 Å². The van der Waals surface area contributed by atoms with Gasteiger partial charge in [-0.25, -0.2) is 8.78 Å². The molecule has 0 aliphatic heterocycles. The second kappa shape index (κ2) is 4.67. The summed E-state index contributed by atoms with van der Waals surface area (Å²) in [6.45, 7) is 0. The first-order valence-corrected chi connectivity index (χ1v) is 4.56. The lowest BCUT2D eigenvalue weighted by molar-refractivity contribution is -0.390. The van der Waals surface area contributed by atoms with Crippen LogP contribution in [0.5, 0.6) is 0 Å². The van der Waals surface area contributed by atoms with Crippen LogP contribution in [0.25, 0.3) is 0 Å². The molecule has 0 N–H and O–H groups in total. The van der Waals surface area contributed by atoms with Gasteiger partial charge < -0.3 is 10.1 Å². The highest BCUT2D eigenvalue weighted by Crippen LogP contribution is 2.30. The Morgan fingerprint density at radius 1 is 1.60 bits per heavy atom. The molecule has 0 atom stereocenters.